The van der Waals surface area contributed by atoms with Crippen LogP contribution < -0.4 is 5.32 Å². The average molecular weight is 279 g/mol. The van der Waals surface area contributed by atoms with Crippen LogP contribution in [0.15, 0.2) is 12.3 Å². The zero-order valence-electron chi connectivity index (χ0n) is 12.8. The van der Waals surface area contributed by atoms with Gasteiger partial charge < -0.3 is 15.2 Å². The maximum atomic E-state index is 11.8. The van der Waals surface area contributed by atoms with E-state index < -0.39 is 12.1 Å². The molecule has 0 spiro atoms. The summed E-state index contributed by atoms with van der Waals surface area (Å²) < 4.78 is 5.31. The zero-order valence-corrected chi connectivity index (χ0v) is 12.8. The Bertz CT molecular complexity index is 425. The second-order valence-corrected chi connectivity index (χ2v) is 6.29. The number of nitrogens with one attached hydrogen (secondary N) is 1. The van der Waals surface area contributed by atoms with E-state index in [1.165, 1.54) is 0 Å². The Morgan fingerprint density at radius 1 is 1.50 bits per heavy atom. The highest BCUT2D eigenvalue weighted by Crippen LogP contribution is 2.36. The monoisotopic (exact) mass is 279 g/mol. The van der Waals surface area contributed by atoms with Gasteiger partial charge in [0.1, 0.15) is 11.9 Å². The van der Waals surface area contributed by atoms with Gasteiger partial charge in [0.2, 0.25) is 0 Å². The molecule has 1 aliphatic carbocycles. The number of ether oxygens (including phenoxy) is 1. The first-order chi connectivity index (χ1) is 9.25. The van der Waals surface area contributed by atoms with E-state index in [4.69, 9.17) is 4.74 Å². The minimum Gasteiger partial charge on any atom is -0.511 e. The molecule has 0 unspecified atom stereocenters. The molecule has 0 aromatic heterocycles. The van der Waals surface area contributed by atoms with Crippen molar-refractivity contribution in [1.82, 2.24) is 5.32 Å². The Morgan fingerprint density at radius 3 is 2.65 bits per heavy atom. The number of aliphatic hydroxyl groups is 1. The molecule has 4 nitrogen and oxygen atoms in total. The summed E-state index contributed by atoms with van der Waals surface area (Å²) >= 11 is 0. The van der Waals surface area contributed by atoms with Crippen LogP contribution in [0.25, 0.3) is 0 Å². The maximum absolute atomic E-state index is 11.8. The van der Waals surface area contributed by atoms with E-state index in [2.05, 4.69) is 23.7 Å². The van der Waals surface area contributed by atoms with Crippen molar-refractivity contribution in [3.8, 4) is 11.8 Å². The summed E-state index contributed by atoms with van der Waals surface area (Å²) in [6.45, 7) is 11.3. The van der Waals surface area contributed by atoms with E-state index in [1.807, 2.05) is 27.7 Å². The van der Waals surface area contributed by atoms with Gasteiger partial charge in [-0.15, -0.1) is 11.8 Å². The van der Waals surface area contributed by atoms with E-state index >= 15 is 0 Å². The molecule has 112 valence electrons. The molecule has 0 saturated heterocycles. The number of carbonyl (C=O) groups is 1. The van der Waals surface area contributed by atoms with Crippen molar-refractivity contribution < 1.29 is 14.6 Å². The summed E-state index contributed by atoms with van der Waals surface area (Å²) in [4.78, 5) is 11.8. The summed E-state index contributed by atoms with van der Waals surface area (Å²) in [5, 5.41) is 12.2. The van der Waals surface area contributed by atoms with Gasteiger partial charge in [-0.05, 0) is 11.8 Å². The number of alkyl carbamates (subject to hydrolysis) is 1. The zero-order chi connectivity index (χ0) is 15.3. The number of amides is 1. The van der Waals surface area contributed by atoms with Gasteiger partial charge in [0.05, 0.1) is 6.04 Å². The van der Waals surface area contributed by atoms with Crippen LogP contribution in [0.1, 0.15) is 47.0 Å². The van der Waals surface area contributed by atoms with Crippen LogP contribution in [0.3, 0.4) is 0 Å². The highest BCUT2D eigenvalue weighted by molar-refractivity contribution is 5.68. The van der Waals surface area contributed by atoms with Crippen LogP contribution in [0.2, 0.25) is 0 Å². The molecule has 0 aromatic rings. The van der Waals surface area contributed by atoms with Crippen molar-refractivity contribution in [2.24, 2.45) is 11.3 Å². The molecule has 4 heteroatoms. The minimum atomic E-state index is -0.521. The van der Waals surface area contributed by atoms with Gasteiger partial charge in [0.25, 0.3) is 0 Å². The molecule has 1 rings (SSSR count). The fourth-order valence-corrected chi connectivity index (χ4v) is 2.00. The van der Waals surface area contributed by atoms with E-state index in [9.17, 15) is 9.90 Å². The molecule has 0 heterocycles. The fourth-order valence-electron chi connectivity index (χ4n) is 2.00. The third-order valence-corrected chi connectivity index (χ3v) is 3.24. The molecule has 20 heavy (non-hydrogen) atoms. The smallest absolute Gasteiger partial charge is 0.408 e. The number of hydrogen-bond acceptors (Lipinski definition) is 3. The number of hydrogen-bond donors (Lipinski definition) is 2. The second kappa shape index (κ2) is 6.69. The SMILES string of the molecule is C=C(O)[C@@H](NC(=O)O[C@@H]1C[C@H]1CC#CCC)C(C)(C)C. The quantitative estimate of drug-likeness (QED) is 0.612. The Morgan fingerprint density at radius 2 is 2.15 bits per heavy atom. The summed E-state index contributed by atoms with van der Waals surface area (Å²) in [7, 11) is 0. The van der Waals surface area contributed by atoms with Crippen molar-refractivity contribution in [3.63, 3.8) is 0 Å². The van der Waals surface area contributed by atoms with E-state index in [0.29, 0.717) is 5.92 Å². The summed E-state index contributed by atoms with van der Waals surface area (Å²) in [6, 6.07) is -0.521. The predicted octanol–water partition coefficient (Wildman–Crippen LogP) is 3.39. The summed E-state index contributed by atoms with van der Waals surface area (Å²) in [5.74, 6) is 6.37. The van der Waals surface area contributed by atoms with Gasteiger partial charge >= 0.3 is 6.09 Å². The second-order valence-electron chi connectivity index (χ2n) is 6.29. The van der Waals surface area contributed by atoms with Crippen LogP contribution in [-0.2, 0) is 4.74 Å². The van der Waals surface area contributed by atoms with Gasteiger partial charge in [-0.3, -0.25) is 0 Å². The number of aliphatic hydroxyl groups excluding tert-OH is 1. The average Bonchev–Trinajstić information content (AvgIpc) is 3.03. The molecular weight excluding hydrogens is 254 g/mol. The standard InChI is InChI=1S/C16H25NO3/c1-6-7-8-9-12-10-13(12)20-15(19)17-14(11(2)18)16(3,4)5/h12-14,18H,2,6,9-10H2,1,3-5H3,(H,17,19)/t12-,13-,14-/m1/s1. The Kier molecular flexibility index (Phi) is 5.50. The van der Waals surface area contributed by atoms with Gasteiger partial charge in [-0.2, -0.15) is 0 Å². The first-order valence-electron chi connectivity index (χ1n) is 7.06. The van der Waals surface area contributed by atoms with E-state index in [0.717, 1.165) is 19.3 Å². The summed E-state index contributed by atoms with van der Waals surface area (Å²) in [5.41, 5.74) is -0.319. The molecule has 0 aromatic carbocycles. The molecule has 0 aliphatic heterocycles. The van der Waals surface area contributed by atoms with Crippen molar-refractivity contribution in [2.45, 2.75) is 59.1 Å². The third-order valence-electron chi connectivity index (χ3n) is 3.24. The first-order valence-corrected chi connectivity index (χ1v) is 7.06. The predicted molar refractivity (Wildman–Crippen MR) is 79.2 cm³/mol. The lowest BCUT2D eigenvalue weighted by atomic mass is 9.86. The van der Waals surface area contributed by atoms with Gasteiger partial charge in [-0.25, -0.2) is 4.79 Å². The van der Waals surface area contributed by atoms with Crippen LogP contribution in [0, 0.1) is 23.2 Å². The van der Waals surface area contributed by atoms with Gasteiger partial charge in [-0.1, -0.05) is 34.3 Å². The first kappa shape index (κ1) is 16.4. The molecule has 3 atom stereocenters. The minimum absolute atomic E-state index is 0.0475. The highest BCUT2D eigenvalue weighted by Gasteiger charge is 2.41. The molecule has 2 N–H and O–H groups in total. The molecule has 1 fully saturated rings. The van der Waals surface area contributed by atoms with Crippen molar-refractivity contribution in [2.75, 3.05) is 0 Å². The van der Waals surface area contributed by atoms with E-state index in [1.54, 1.807) is 0 Å². The van der Waals surface area contributed by atoms with Crippen LogP contribution >= 0.6 is 0 Å². The van der Waals surface area contributed by atoms with Crippen LogP contribution in [-0.4, -0.2) is 23.3 Å². The Hall–Kier alpha value is -1.63. The molecule has 0 bridgehead atoms. The lowest BCUT2D eigenvalue weighted by molar-refractivity contribution is 0.118. The molecule has 1 amide bonds. The Labute approximate surface area is 121 Å². The third kappa shape index (κ3) is 5.16. The van der Waals surface area contributed by atoms with Crippen molar-refractivity contribution in [1.29, 1.82) is 0 Å². The molecular formula is C16H25NO3. The lowest BCUT2D eigenvalue weighted by Crippen LogP contribution is -2.45. The molecule has 1 aliphatic rings. The maximum Gasteiger partial charge on any atom is 0.408 e. The van der Waals surface area contributed by atoms with Crippen LogP contribution in [0.5, 0.6) is 0 Å². The molecule has 1 saturated carbocycles. The van der Waals surface area contributed by atoms with E-state index in [-0.39, 0.29) is 17.3 Å². The largest absolute Gasteiger partial charge is 0.511 e. The Balaban J connectivity index is 2.39. The fraction of sp³-hybridized carbons (Fsp3) is 0.688. The number of carbonyl (C=O) groups excluding carboxylic acids is 1. The van der Waals surface area contributed by atoms with Crippen molar-refractivity contribution in [3.05, 3.63) is 12.3 Å². The van der Waals surface area contributed by atoms with Crippen LogP contribution in [0.4, 0.5) is 4.79 Å². The number of rotatable bonds is 4. The van der Waals surface area contributed by atoms with Crippen molar-refractivity contribution >= 4 is 6.09 Å². The van der Waals surface area contributed by atoms with Gasteiger partial charge in [0.15, 0.2) is 0 Å². The van der Waals surface area contributed by atoms with Gasteiger partial charge in [0, 0.05) is 18.8 Å². The summed E-state index contributed by atoms with van der Waals surface area (Å²) in [6.07, 6.45) is 1.95. The lowest BCUT2D eigenvalue weighted by Gasteiger charge is -2.30. The normalized spacial score (nSPS) is 22.2. The topological polar surface area (TPSA) is 58.6 Å². The molecule has 0 radical (unpaired) electrons. The highest BCUT2D eigenvalue weighted by atomic mass is 16.6.